The summed E-state index contributed by atoms with van der Waals surface area (Å²) in [6.45, 7) is 2.74. The number of halogens is 1. The van der Waals surface area contributed by atoms with E-state index in [0.717, 1.165) is 23.3 Å². The third kappa shape index (κ3) is 2.80. The Morgan fingerprint density at radius 3 is 2.33 bits per heavy atom. The fraction of sp³-hybridized carbons (Fsp3) is 0.200. The van der Waals surface area contributed by atoms with Crippen molar-refractivity contribution in [3.05, 3.63) is 48.3 Å². The van der Waals surface area contributed by atoms with Crippen LogP contribution in [-0.4, -0.2) is 11.7 Å². The monoisotopic (exact) mass is 246 g/mol. The van der Waals surface area contributed by atoms with E-state index in [9.17, 15) is 4.39 Å². The molecule has 2 aromatic rings. The first kappa shape index (κ1) is 12.4. The minimum Gasteiger partial charge on any atom is -0.505 e. The fourth-order valence-electron chi connectivity index (χ4n) is 1.65. The van der Waals surface area contributed by atoms with Gasteiger partial charge in [0.05, 0.1) is 6.61 Å². The summed E-state index contributed by atoms with van der Waals surface area (Å²) in [6, 6.07) is 11.8. The topological polar surface area (TPSA) is 29.5 Å². The van der Waals surface area contributed by atoms with E-state index in [0.29, 0.717) is 6.61 Å². The Labute approximate surface area is 106 Å². The van der Waals surface area contributed by atoms with Gasteiger partial charge in [-0.05, 0) is 41.8 Å². The normalized spacial score (nSPS) is 10.3. The quantitative estimate of drug-likeness (QED) is 0.884. The summed E-state index contributed by atoms with van der Waals surface area (Å²) in [5.41, 5.74) is 1.62. The van der Waals surface area contributed by atoms with Gasteiger partial charge in [0.15, 0.2) is 11.6 Å². The van der Waals surface area contributed by atoms with Gasteiger partial charge >= 0.3 is 0 Å². The van der Waals surface area contributed by atoms with E-state index in [2.05, 4.69) is 0 Å². The van der Waals surface area contributed by atoms with Crippen LogP contribution in [0.2, 0.25) is 0 Å². The van der Waals surface area contributed by atoms with Crippen molar-refractivity contribution in [2.24, 2.45) is 0 Å². The highest BCUT2D eigenvalue weighted by atomic mass is 19.1. The molecule has 1 N–H and O–H groups in total. The highest BCUT2D eigenvalue weighted by Gasteiger charge is 2.04. The van der Waals surface area contributed by atoms with Gasteiger partial charge in [0.1, 0.15) is 5.75 Å². The molecule has 2 aromatic carbocycles. The van der Waals surface area contributed by atoms with E-state index < -0.39 is 5.82 Å². The zero-order chi connectivity index (χ0) is 13.0. The van der Waals surface area contributed by atoms with Crippen LogP contribution in [0, 0.1) is 5.82 Å². The summed E-state index contributed by atoms with van der Waals surface area (Å²) in [5.74, 6) is -0.139. The number of rotatable bonds is 4. The number of phenols is 1. The van der Waals surface area contributed by atoms with E-state index in [-0.39, 0.29) is 5.75 Å². The Morgan fingerprint density at radius 2 is 1.72 bits per heavy atom. The second kappa shape index (κ2) is 5.54. The minimum absolute atomic E-state index is 0.332. The molecule has 0 aliphatic heterocycles. The molecule has 0 amide bonds. The summed E-state index contributed by atoms with van der Waals surface area (Å²) < 4.78 is 18.7. The number of hydrogen-bond donors (Lipinski definition) is 1. The average molecular weight is 246 g/mol. The molecule has 0 bridgehead atoms. The molecule has 0 fully saturated rings. The molecule has 0 unspecified atom stereocenters. The average Bonchev–Trinajstić information content (AvgIpc) is 2.40. The van der Waals surface area contributed by atoms with Crippen LogP contribution in [0.1, 0.15) is 13.3 Å². The Balaban J connectivity index is 2.20. The van der Waals surface area contributed by atoms with E-state index in [4.69, 9.17) is 9.84 Å². The van der Waals surface area contributed by atoms with Gasteiger partial charge in [-0.3, -0.25) is 0 Å². The van der Waals surface area contributed by atoms with Gasteiger partial charge in [0, 0.05) is 0 Å². The standard InChI is InChI=1S/C15H15FO2/c1-2-9-18-13-6-3-11(4-7-13)12-5-8-15(17)14(16)10-12/h3-8,10,17H,2,9H2,1H3. The molecule has 0 saturated carbocycles. The highest BCUT2D eigenvalue weighted by Crippen LogP contribution is 2.26. The van der Waals surface area contributed by atoms with E-state index >= 15 is 0 Å². The molecular weight excluding hydrogens is 231 g/mol. The lowest BCUT2D eigenvalue weighted by Gasteiger charge is -2.06. The number of aromatic hydroxyl groups is 1. The number of benzene rings is 2. The van der Waals surface area contributed by atoms with E-state index in [1.807, 2.05) is 31.2 Å². The lowest BCUT2D eigenvalue weighted by atomic mass is 10.1. The van der Waals surface area contributed by atoms with Gasteiger partial charge in [-0.2, -0.15) is 0 Å². The predicted molar refractivity (Wildman–Crippen MR) is 69.3 cm³/mol. The largest absolute Gasteiger partial charge is 0.505 e. The molecule has 0 aromatic heterocycles. The summed E-state index contributed by atoms with van der Waals surface area (Å²) in [5, 5.41) is 9.14. The molecular formula is C15H15FO2. The second-order valence-corrected chi connectivity index (χ2v) is 4.04. The lowest BCUT2D eigenvalue weighted by Crippen LogP contribution is -1.94. The molecule has 94 valence electrons. The fourth-order valence-corrected chi connectivity index (χ4v) is 1.65. The third-order valence-corrected chi connectivity index (χ3v) is 2.61. The van der Waals surface area contributed by atoms with Gasteiger partial charge in [0.25, 0.3) is 0 Å². The van der Waals surface area contributed by atoms with Crippen LogP contribution in [0.25, 0.3) is 11.1 Å². The van der Waals surface area contributed by atoms with Crippen molar-refractivity contribution in [1.29, 1.82) is 0 Å². The first-order chi connectivity index (χ1) is 8.70. The molecule has 0 heterocycles. The third-order valence-electron chi connectivity index (χ3n) is 2.61. The van der Waals surface area contributed by atoms with Crippen LogP contribution >= 0.6 is 0 Å². The van der Waals surface area contributed by atoms with Crippen molar-refractivity contribution >= 4 is 0 Å². The van der Waals surface area contributed by atoms with Gasteiger partial charge < -0.3 is 9.84 Å². The molecule has 0 radical (unpaired) electrons. The van der Waals surface area contributed by atoms with Crippen LogP contribution in [0.4, 0.5) is 4.39 Å². The number of phenolic OH excluding ortho intramolecular Hbond substituents is 1. The van der Waals surface area contributed by atoms with Crippen LogP contribution in [0.3, 0.4) is 0 Å². The number of hydrogen-bond acceptors (Lipinski definition) is 2. The van der Waals surface area contributed by atoms with Crippen LogP contribution in [0.15, 0.2) is 42.5 Å². The molecule has 0 spiro atoms. The molecule has 2 nitrogen and oxygen atoms in total. The first-order valence-electron chi connectivity index (χ1n) is 5.92. The maximum atomic E-state index is 13.2. The molecule has 0 atom stereocenters. The molecule has 2 rings (SSSR count). The van der Waals surface area contributed by atoms with Crippen LogP contribution in [-0.2, 0) is 0 Å². The smallest absolute Gasteiger partial charge is 0.165 e. The molecule has 0 aliphatic carbocycles. The molecule has 18 heavy (non-hydrogen) atoms. The van der Waals surface area contributed by atoms with Crippen molar-refractivity contribution in [2.75, 3.05) is 6.61 Å². The van der Waals surface area contributed by atoms with Gasteiger partial charge in [-0.1, -0.05) is 25.1 Å². The van der Waals surface area contributed by atoms with Gasteiger partial charge in [-0.25, -0.2) is 4.39 Å². The summed E-state index contributed by atoms with van der Waals surface area (Å²) in [6.07, 6.45) is 0.963. The molecule has 3 heteroatoms. The van der Waals surface area contributed by atoms with Crippen molar-refractivity contribution in [3.63, 3.8) is 0 Å². The van der Waals surface area contributed by atoms with Crippen LogP contribution in [0.5, 0.6) is 11.5 Å². The maximum absolute atomic E-state index is 13.2. The Bertz CT molecular complexity index is 521. The zero-order valence-electron chi connectivity index (χ0n) is 10.2. The number of ether oxygens (including phenoxy) is 1. The Hall–Kier alpha value is -2.03. The van der Waals surface area contributed by atoms with Crippen molar-refractivity contribution in [1.82, 2.24) is 0 Å². The second-order valence-electron chi connectivity index (χ2n) is 4.04. The van der Waals surface area contributed by atoms with Crippen molar-refractivity contribution in [3.8, 4) is 22.6 Å². The Morgan fingerprint density at radius 1 is 1.06 bits per heavy atom. The Kier molecular flexibility index (Phi) is 3.82. The molecule has 0 aliphatic rings. The maximum Gasteiger partial charge on any atom is 0.165 e. The molecule has 0 saturated heterocycles. The van der Waals surface area contributed by atoms with Crippen molar-refractivity contribution in [2.45, 2.75) is 13.3 Å². The van der Waals surface area contributed by atoms with Gasteiger partial charge in [-0.15, -0.1) is 0 Å². The minimum atomic E-state index is -0.612. The van der Waals surface area contributed by atoms with E-state index in [1.165, 1.54) is 12.1 Å². The lowest BCUT2D eigenvalue weighted by molar-refractivity contribution is 0.317. The summed E-state index contributed by atoms with van der Waals surface area (Å²) >= 11 is 0. The summed E-state index contributed by atoms with van der Waals surface area (Å²) in [7, 11) is 0. The summed E-state index contributed by atoms with van der Waals surface area (Å²) in [4.78, 5) is 0. The predicted octanol–water partition coefficient (Wildman–Crippen LogP) is 3.99. The highest BCUT2D eigenvalue weighted by molar-refractivity contribution is 5.65. The van der Waals surface area contributed by atoms with Crippen LogP contribution < -0.4 is 4.74 Å². The SMILES string of the molecule is CCCOc1ccc(-c2ccc(O)c(F)c2)cc1. The van der Waals surface area contributed by atoms with Crippen molar-refractivity contribution < 1.29 is 14.2 Å². The van der Waals surface area contributed by atoms with Gasteiger partial charge in [0.2, 0.25) is 0 Å². The van der Waals surface area contributed by atoms with E-state index in [1.54, 1.807) is 6.07 Å². The zero-order valence-corrected chi connectivity index (χ0v) is 10.2. The first-order valence-corrected chi connectivity index (χ1v) is 5.92.